The molecule has 110 valence electrons. The number of anilines is 1. The van der Waals surface area contributed by atoms with Crippen LogP contribution in [0.15, 0.2) is 18.2 Å². The molecular weight excluding hydrogens is 297 g/mol. The number of carboxylic acids is 1. The number of carboxylic acid groups (broad SMARTS) is 1. The highest BCUT2D eigenvalue weighted by molar-refractivity contribution is 6.33. The van der Waals surface area contributed by atoms with Crippen molar-refractivity contribution in [1.29, 1.82) is 0 Å². The van der Waals surface area contributed by atoms with E-state index in [1.54, 1.807) is 0 Å². The van der Waals surface area contributed by atoms with E-state index in [1.807, 2.05) is 0 Å². The second-order valence-electron chi connectivity index (χ2n) is 4.74. The highest BCUT2D eigenvalue weighted by Crippen LogP contribution is 2.40. The lowest BCUT2D eigenvalue weighted by Crippen LogP contribution is -2.65. The van der Waals surface area contributed by atoms with Gasteiger partial charge in [0.15, 0.2) is 0 Å². The van der Waals surface area contributed by atoms with E-state index in [9.17, 15) is 18.0 Å². The minimum absolute atomic E-state index is 0.0866. The van der Waals surface area contributed by atoms with Crippen LogP contribution in [0.3, 0.4) is 0 Å². The number of para-hydroxylation sites is 1. The first-order chi connectivity index (χ1) is 9.23. The van der Waals surface area contributed by atoms with Gasteiger partial charge >= 0.3 is 12.1 Å². The van der Waals surface area contributed by atoms with Gasteiger partial charge in [-0.25, -0.2) is 0 Å². The molecule has 0 radical (unpaired) electrons. The van der Waals surface area contributed by atoms with Crippen molar-refractivity contribution in [3.05, 3.63) is 28.8 Å². The summed E-state index contributed by atoms with van der Waals surface area (Å²) in [5, 5.41) is 14.3. The SMILES string of the molecule is O=C(O)CC1(Nc2c(Cl)cccc2C(F)(F)F)CNC1. The first-order valence-electron chi connectivity index (χ1n) is 5.80. The second-order valence-corrected chi connectivity index (χ2v) is 5.15. The van der Waals surface area contributed by atoms with Crippen molar-refractivity contribution >= 4 is 23.3 Å². The highest BCUT2D eigenvalue weighted by Gasteiger charge is 2.42. The summed E-state index contributed by atoms with van der Waals surface area (Å²) in [6, 6.07) is 3.45. The largest absolute Gasteiger partial charge is 0.481 e. The first kappa shape index (κ1) is 14.9. The molecule has 0 aliphatic carbocycles. The quantitative estimate of drug-likeness (QED) is 0.800. The number of halogens is 4. The molecule has 1 saturated heterocycles. The summed E-state index contributed by atoms with van der Waals surface area (Å²) in [6.07, 6.45) is -4.85. The molecule has 20 heavy (non-hydrogen) atoms. The maximum Gasteiger partial charge on any atom is 0.418 e. The van der Waals surface area contributed by atoms with Gasteiger partial charge in [-0.3, -0.25) is 4.79 Å². The predicted octanol–water partition coefficient (Wildman–Crippen LogP) is 2.59. The van der Waals surface area contributed by atoms with Crippen LogP contribution in [0.25, 0.3) is 0 Å². The fourth-order valence-electron chi connectivity index (χ4n) is 2.13. The fourth-order valence-corrected chi connectivity index (χ4v) is 2.35. The summed E-state index contributed by atoms with van der Waals surface area (Å²) in [5.41, 5.74) is -2.12. The smallest absolute Gasteiger partial charge is 0.418 e. The van der Waals surface area contributed by atoms with Gasteiger partial charge in [-0.15, -0.1) is 0 Å². The van der Waals surface area contributed by atoms with Crippen LogP contribution < -0.4 is 10.6 Å². The van der Waals surface area contributed by atoms with Crippen LogP contribution in [0.5, 0.6) is 0 Å². The number of benzene rings is 1. The number of carbonyl (C=O) groups is 1. The molecule has 0 atom stereocenters. The third-order valence-corrected chi connectivity index (χ3v) is 3.44. The van der Waals surface area contributed by atoms with Crippen LogP contribution in [0.1, 0.15) is 12.0 Å². The minimum atomic E-state index is -4.56. The Morgan fingerprint density at radius 1 is 1.45 bits per heavy atom. The average molecular weight is 309 g/mol. The van der Waals surface area contributed by atoms with Crippen molar-refractivity contribution in [2.75, 3.05) is 18.4 Å². The Bertz CT molecular complexity index is 530. The molecule has 0 unspecified atom stereocenters. The van der Waals surface area contributed by atoms with E-state index in [2.05, 4.69) is 10.6 Å². The molecule has 4 nitrogen and oxygen atoms in total. The lowest BCUT2D eigenvalue weighted by atomic mass is 9.88. The lowest BCUT2D eigenvalue weighted by Gasteiger charge is -2.43. The van der Waals surface area contributed by atoms with E-state index >= 15 is 0 Å². The molecule has 1 aromatic carbocycles. The van der Waals surface area contributed by atoms with Crippen LogP contribution in [0, 0.1) is 0 Å². The van der Waals surface area contributed by atoms with Crippen LogP contribution in [0.2, 0.25) is 5.02 Å². The summed E-state index contributed by atoms with van der Waals surface area (Å²) in [4.78, 5) is 10.8. The van der Waals surface area contributed by atoms with Crippen LogP contribution >= 0.6 is 11.6 Å². The van der Waals surface area contributed by atoms with Crippen molar-refractivity contribution in [3.63, 3.8) is 0 Å². The molecule has 1 aliphatic heterocycles. The molecule has 1 aliphatic rings. The van der Waals surface area contributed by atoms with Crippen LogP contribution in [-0.2, 0) is 11.0 Å². The van der Waals surface area contributed by atoms with E-state index in [1.165, 1.54) is 12.1 Å². The summed E-state index contributed by atoms with van der Waals surface area (Å²) < 4.78 is 38.9. The van der Waals surface area contributed by atoms with Gasteiger partial charge in [-0.2, -0.15) is 13.2 Å². The van der Waals surface area contributed by atoms with Crippen molar-refractivity contribution in [1.82, 2.24) is 5.32 Å². The molecule has 1 heterocycles. The highest BCUT2D eigenvalue weighted by atomic mass is 35.5. The summed E-state index contributed by atoms with van der Waals surface area (Å²) >= 11 is 5.83. The molecule has 1 aromatic rings. The van der Waals surface area contributed by atoms with E-state index in [0.717, 1.165) is 6.07 Å². The molecule has 2 rings (SSSR count). The van der Waals surface area contributed by atoms with Gasteiger partial charge < -0.3 is 15.7 Å². The standard InChI is InChI=1S/C12H12ClF3N2O2/c13-8-3-1-2-7(12(14,15)16)10(8)18-11(4-9(19)20)5-17-6-11/h1-3,17-18H,4-6H2,(H,19,20). The van der Waals surface area contributed by atoms with Crippen molar-refractivity contribution in [3.8, 4) is 0 Å². The number of hydrogen-bond donors (Lipinski definition) is 3. The third-order valence-electron chi connectivity index (χ3n) is 3.13. The van der Waals surface area contributed by atoms with Crippen LogP contribution in [0.4, 0.5) is 18.9 Å². The van der Waals surface area contributed by atoms with Gasteiger partial charge in [-0.05, 0) is 12.1 Å². The minimum Gasteiger partial charge on any atom is -0.481 e. The molecule has 0 saturated carbocycles. The topological polar surface area (TPSA) is 61.4 Å². The number of aliphatic carboxylic acids is 1. The van der Waals surface area contributed by atoms with Crippen molar-refractivity contribution in [2.45, 2.75) is 18.1 Å². The van der Waals surface area contributed by atoms with Crippen molar-refractivity contribution in [2.24, 2.45) is 0 Å². The van der Waals surface area contributed by atoms with E-state index < -0.39 is 23.2 Å². The maximum atomic E-state index is 13.0. The Labute approximate surface area is 117 Å². The molecule has 3 N–H and O–H groups in total. The Morgan fingerprint density at radius 2 is 2.10 bits per heavy atom. The number of alkyl halides is 3. The Kier molecular flexibility index (Phi) is 3.84. The van der Waals surface area contributed by atoms with E-state index in [4.69, 9.17) is 16.7 Å². The fraction of sp³-hybridized carbons (Fsp3) is 0.417. The molecule has 0 spiro atoms. The van der Waals surface area contributed by atoms with Gasteiger partial charge in [0.25, 0.3) is 0 Å². The zero-order valence-electron chi connectivity index (χ0n) is 10.2. The zero-order valence-corrected chi connectivity index (χ0v) is 11.0. The lowest BCUT2D eigenvalue weighted by molar-refractivity contribution is -0.138. The zero-order chi connectivity index (χ0) is 15.0. The number of rotatable bonds is 4. The van der Waals surface area contributed by atoms with Gasteiger partial charge in [0.1, 0.15) is 0 Å². The second kappa shape index (κ2) is 5.14. The number of hydrogen-bond acceptors (Lipinski definition) is 3. The molecule has 1 fully saturated rings. The van der Waals surface area contributed by atoms with E-state index in [-0.39, 0.29) is 30.2 Å². The summed E-state index contributed by atoms with van der Waals surface area (Å²) in [5.74, 6) is -1.08. The molecule has 0 amide bonds. The third kappa shape index (κ3) is 2.99. The number of nitrogens with one attached hydrogen (secondary N) is 2. The summed E-state index contributed by atoms with van der Waals surface area (Å²) in [7, 11) is 0. The van der Waals surface area contributed by atoms with Crippen molar-refractivity contribution < 1.29 is 23.1 Å². The van der Waals surface area contributed by atoms with E-state index in [0.29, 0.717) is 0 Å². The monoisotopic (exact) mass is 308 g/mol. The summed E-state index contributed by atoms with van der Waals surface area (Å²) in [6.45, 7) is 0.531. The maximum absolute atomic E-state index is 13.0. The van der Waals surface area contributed by atoms with Gasteiger partial charge in [-0.1, -0.05) is 17.7 Å². The van der Waals surface area contributed by atoms with Gasteiger partial charge in [0, 0.05) is 13.1 Å². The molecule has 8 heteroatoms. The van der Waals surface area contributed by atoms with Crippen LogP contribution in [-0.4, -0.2) is 29.7 Å². The van der Waals surface area contributed by atoms with Gasteiger partial charge in [0.05, 0.1) is 28.2 Å². The normalized spacial score (nSPS) is 17.4. The Morgan fingerprint density at radius 3 is 2.55 bits per heavy atom. The average Bonchev–Trinajstić information content (AvgIpc) is 2.26. The Balaban J connectivity index is 2.35. The predicted molar refractivity (Wildman–Crippen MR) is 67.9 cm³/mol. The first-order valence-corrected chi connectivity index (χ1v) is 6.18. The Hall–Kier alpha value is -1.47. The molecular formula is C12H12ClF3N2O2. The molecule has 0 bridgehead atoms. The van der Waals surface area contributed by atoms with Gasteiger partial charge in [0.2, 0.25) is 0 Å². The molecule has 0 aromatic heterocycles.